The molecule has 4 nitrogen and oxygen atoms in total. The number of hydrogen-bond acceptors (Lipinski definition) is 6. The minimum absolute atomic E-state index is 0.0106. The van der Waals surface area contributed by atoms with Crippen LogP contribution in [0, 0.1) is 0 Å². The van der Waals surface area contributed by atoms with Gasteiger partial charge in [-0.1, -0.05) is 21.6 Å². The zero-order valence-electron chi connectivity index (χ0n) is 15.9. The molecule has 2 aromatic carbocycles. The van der Waals surface area contributed by atoms with Crippen LogP contribution in [0.25, 0.3) is 0 Å². The molecule has 28 heavy (non-hydrogen) atoms. The molecule has 0 atom stereocenters. The highest BCUT2D eigenvalue weighted by Gasteiger charge is 2.05. The maximum absolute atomic E-state index is 12.0. The van der Waals surface area contributed by atoms with Gasteiger partial charge in [0.1, 0.15) is 0 Å². The van der Waals surface area contributed by atoms with Crippen molar-refractivity contribution in [3.63, 3.8) is 0 Å². The second-order valence-electron chi connectivity index (χ2n) is 5.70. The molecule has 2 rings (SSSR count). The summed E-state index contributed by atoms with van der Waals surface area (Å²) < 4.78 is 0. The Balaban J connectivity index is 1.54. The number of rotatable bonds is 11. The van der Waals surface area contributed by atoms with Crippen molar-refractivity contribution in [1.82, 2.24) is 0 Å². The fraction of sp³-hybridized carbons (Fsp3) is 0.300. The smallest absolute Gasteiger partial charge is 0.225 e. The van der Waals surface area contributed by atoms with E-state index < -0.39 is 0 Å². The van der Waals surface area contributed by atoms with Crippen LogP contribution in [0.15, 0.2) is 58.3 Å². The molecule has 0 aliphatic carbocycles. The molecule has 2 aromatic rings. The van der Waals surface area contributed by atoms with E-state index in [4.69, 9.17) is 0 Å². The summed E-state index contributed by atoms with van der Waals surface area (Å²) in [5.41, 5.74) is 1.64. The number of carbonyl (C=O) groups is 2. The third-order valence-corrected chi connectivity index (χ3v) is 7.55. The molecule has 0 unspecified atom stereocenters. The molecule has 2 N–H and O–H groups in total. The summed E-state index contributed by atoms with van der Waals surface area (Å²) in [5.74, 6) is 1.46. The molecular formula is C20H24N2O2S4. The van der Waals surface area contributed by atoms with Gasteiger partial charge in [-0.15, -0.1) is 23.5 Å². The fourth-order valence-corrected chi connectivity index (χ4v) is 4.98. The van der Waals surface area contributed by atoms with Crippen LogP contribution in [0.1, 0.15) is 12.8 Å². The first-order valence-electron chi connectivity index (χ1n) is 8.73. The quantitative estimate of drug-likeness (QED) is 0.253. The van der Waals surface area contributed by atoms with Crippen LogP contribution in [0.3, 0.4) is 0 Å². The Hall–Kier alpha value is -1.22. The van der Waals surface area contributed by atoms with Crippen LogP contribution in [0.5, 0.6) is 0 Å². The van der Waals surface area contributed by atoms with Crippen LogP contribution in [-0.2, 0) is 9.59 Å². The Labute approximate surface area is 183 Å². The first-order valence-corrected chi connectivity index (χ1v) is 13.7. The lowest BCUT2D eigenvalue weighted by Gasteiger charge is -2.07. The molecule has 0 fully saturated rings. The van der Waals surface area contributed by atoms with Crippen LogP contribution in [-0.4, -0.2) is 35.8 Å². The third kappa shape index (κ3) is 8.86. The minimum atomic E-state index is 0.0106. The Bertz CT molecular complexity index is 686. The van der Waals surface area contributed by atoms with Gasteiger partial charge < -0.3 is 10.6 Å². The number of amides is 2. The van der Waals surface area contributed by atoms with Crippen molar-refractivity contribution in [3.8, 4) is 0 Å². The molecule has 0 heterocycles. The minimum Gasteiger partial charge on any atom is -0.326 e. The average molecular weight is 453 g/mol. The molecule has 0 saturated heterocycles. The average Bonchev–Trinajstić information content (AvgIpc) is 2.71. The van der Waals surface area contributed by atoms with Crippen molar-refractivity contribution in [2.45, 2.75) is 22.6 Å². The number of anilines is 2. The maximum Gasteiger partial charge on any atom is 0.225 e. The van der Waals surface area contributed by atoms with Crippen LogP contribution in [0.2, 0.25) is 0 Å². The zero-order chi connectivity index (χ0) is 20.2. The second kappa shape index (κ2) is 13.1. The summed E-state index contributed by atoms with van der Waals surface area (Å²) in [6.07, 6.45) is 4.95. The summed E-state index contributed by atoms with van der Waals surface area (Å²) in [6.45, 7) is 0. The number of thioether (sulfide) groups is 2. The third-order valence-electron chi connectivity index (χ3n) is 3.66. The molecule has 8 heteroatoms. The molecule has 0 spiro atoms. The van der Waals surface area contributed by atoms with E-state index in [1.807, 2.05) is 61.0 Å². The molecule has 0 aliphatic rings. The van der Waals surface area contributed by atoms with E-state index in [-0.39, 0.29) is 11.8 Å². The first kappa shape index (κ1) is 23.1. The van der Waals surface area contributed by atoms with Gasteiger partial charge in [0, 0.05) is 45.5 Å². The van der Waals surface area contributed by atoms with Gasteiger partial charge in [-0.05, 0) is 61.0 Å². The molecule has 150 valence electrons. The Morgan fingerprint density at radius 2 is 1.04 bits per heavy atom. The predicted molar refractivity (Wildman–Crippen MR) is 128 cm³/mol. The Kier molecular flexibility index (Phi) is 10.8. The lowest BCUT2D eigenvalue weighted by molar-refractivity contribution is -0.116. The van der Waals surface area contributed by atoms with Crippen LogP contribution in [0.4, 0.5) is 11.4 Å². The van der Waals surface area contributed by atoms with E-state index in [9.17, 15) is 9.59 Å². The fourth-order valence-electron chi connectivity index (χ4n) is 2.18. The zero-order valence-corrected chi connectivity index (χ0v) is 19.2. The van der Waals surface area contributed by atoms with Gasteiger partial charge in [-0.25, -0.2) is 0 Å². The van der Waals surface area contributed by atoms with E-state index in [1.165, 1.54) is 9.79 Å². The molecule has 2 amide bonds. The Morgan fingerprint density at radius 1 is 0.679 bits per heavy atom. The van der Waals surface area contributed by atoms with E-state index in [2.05, 4.69) is 10.6 Å². The molecule has 0 aromatic heterocycles. The topological polar surface area (TPSA) is 58.2 Å². The van der Waals surface area contributed by atoms with E-state index in [1.54, 1.807) is 45.1 Å². The van der Waals surface area contributed by atoms with E-state index >= 15 is 0 Å². The van der Waals surface area contributed by atoms with Crippen molar-refractivity contribution in [2.75, 3.05) is 34.7 Å². The maximum atomic E-state index is 12.0. The normalized spacial score (nSPS) is 10.5. The van der Waals surface area contributed by atoms with Crippen LogP contribution < -0.4 is 10.6 Å². The standard InChI is InChI=1S/C20H24N2O2S4/c1-25-17-7-3-15(4-8-17)21-19(23)11-13-27-28-14-12-20(24)22-16-5-9-18(26-2)10-6-16/h3-10H,11-14H2,1-2H3,(H,21,23)(H,22,24). The van der Waals surface area contributed by atoms with Gasteiger partial charge in [0.25, 0.3) is 0 Å². The molecule has 0 saturated carbocycles. The van der Waals surface area contributed by atoms with Crippen molar-refractivity contribution in [3.05, 3.63) is 48.5 Å². The van der Waals surface area contributed by atoms with Crippen molar-refractivity contribution in [2.24, 2.45) is 0 Å². The number of benzene rings is 2. The van der Waals surface area contributed by atoms with E-state index in [0.29, 0.717) is 12.8 Å². The van der Waals surface area contributed by atoms with Gasteiger partial charge in [0.05, 0.1) is 0 Å². The van der Waals surface area contributed by atoms with Gasteiger partial charge in [0.2, 0.25) is 11.8 Å². The highest BCUT2D eigenvalue weighted by atomic mass is 33.1. The second-order valence-corrected chi connectivity index (χ2v) is 10.2. The molecule has 0 aliphatic heterocycles. The van der Waals surface area contributed by atoms with Crippen molar-refractivity contribution in [1.29, 1.82) is 0 Å². The predicted octanol–water partition coefficient (Wildman–Crippen LogP) is 5.87. The first-order chi connectivity index (χ1) is 13.6. The summed E-state index contributed by atoms with van der Waals surface area (Å²) in [7, 11) is 3.24. The summed E-state index contributed by atoms with van der Waals surface area (Å²) in [6, 6.07) is 15.6. The summed E-state index contributed by atoms with van der Waals surface area (Å²) in [5, 5.41) is 5.80. The lowest BCUT2D eigenvalue weighted by atomic mass is 10.3. The lowest BCUT2D eigenvalue weighted by Crippen LogP contribution is -2.12. The molecule has 0 bridgehead atoms. The van der Waals surface area contributed by atoms with Crippen molar-refractivity contribution >= 4 is 68.3 Å². The summed E-state index contributed by atoms with van der Waals surface area (Å²) >= 11 is 3.35. The van der Waals surface area contributed by atoms with Gasteiger partial charge >= 0.3 is 0 Å². The van der Waals surface area contributed by atoms with Crippen molar-refractivity contribution < 1.29 is 9.59 Å². The number of carbonyl (C=O) groups excluding carboxylic acids is 2. The summed E-state index contributed by atoms with van der Waals surface area (Å²) in [4.78, 5) is 26.2. The molecular weight excluding hydrogens is 429 g/mol. The van der Waals surface area contributed by atoms with Gasteiger partial charge in [-0.3, -0.25) is 9.59 Å². The number of nitrogens with one attached hydrogen (secondary N) is 2. The highest BCUT2D eigenvalue weighted by Crippen LogP contribution is 2.24. The SMILES string of the molecule is CSc1ccc(NC(=O)CCSSCCC(=O)Nc2ccc(SC)cc2)cc1. The number of hydrogen-bond donors (Lipinski definition) is 2. The van der Waals surface area contributed by atoms with Gasteiger partial charge in [-0.2, -0.15) is 0 Å². The molecule has 0 radical (unpaired) electrons. The van der Waals surface area contributed by atoms with Gasteiger partial charge in [0.15, 0.2) is 0 Å². The Morgan fingerprint density at radius 3 is 1.36 bits per heavy atom. The monoisotopic (exact) mass is 452 g/mol. The van der Waals surface area contributed by atoms with Crippen LogP contribution >= 0.6 is 45.1 Å². The van der Waals surface area contributed by atoms with E-state index in [0.717, 1.165) is 22.9 Å². The largest absolute Gasteiger partial charge is 0.326 e. The highest BCUT2D eigenvalue weighted by molar-refractivity contribution is 8.76.